The Bertz CT molecular complexity index is 354. The normalized spacial score (nSPS) is 21.8. The molecule has 4 heteroatoms. The molecular weight excluding hydrogens is 183 g/mol. The van der Waals surface area contributed by atoms with Crippen LogP contribution in [0.1, 0.15) is 11.6 Å². The van der Waals surface area contributed by atoms with Crippen LogP contribution in [-0.4, -0.2) is 19.0 Å². The van der Waals surface area contributed by atoms with Gasteiger partial charge >= 0.3 is 0 Å². The largest absolute Gasteiger partial charge is 0.353 e. The Kier molecular flexibility index (Phi) is 2.45. The third-order valence-corrected chi connectivity index (χ3v) is 2.25. The predicted octanol–water partition coefficient (Wildman–Crippen LogP) is 0.586. The molecule has 1 aliphatic heterocycles. The summed E-state index contributed by atoms with van der Waals surface area (Å²) < 4.78 is 13.3. The molecule has 0 saturated carbocycles. The van der Waals surface area contributed by atoms with Crippen LogP contribution in [0.25, 0.3) is 0 Å². The molecule has 0 radical (unpaired) electrons. The first-order valence-corrected chi connectivity index (χ1v) is 4.54. The maximum absolute atomic E-state index is 13.3. The third-order valence-electron chi connectivity index (χ3n) is 2.25. The third kappa shape index (κ3) is 1.61. The van der Waals surface area contributed by atoms with E-state index in [0.29, 0.717) is 18.7 Å². The predicted molar refractivity (Wildman–Crippen MR) is 50.2 cm³/mol. The molecule has 1 fully saturated rings. The minimum atomic E-state index is -0.551. The van der Waals surface area contributed by atoms with Crippen LogP contribution >= 0.6 is 0 Å². The highest BCUT2D eigenvalue weighted by molar-refractivity contribution is 5.83. The van der Waals surface area contributed by atoms with E-state index in [1.165, 1.54) is 6.07 Å². The fraction of sp³-hybridized carbons (Fsp3) is 0.300. The number of halogens is 1. The van der Waals surface area contributed by atoms with Crippen LogP contribution in [-0.2, 0) is 4.79 Å². The van der Waals surface area contributed by atoms with E-state index in [4.69, 9.17) is 0 Å². The summed E-state index contributed by atoms with van der Waals surface area (Å²) in [6.07, 6.45) is 0. The molecule has 1 aromatic rings. The van der Waals surface area contributed by atoms with Crippen molar-refractivity contribution in [2.75, 3.05) is 13.1 Å². The Balaban J connectivity index is 2.29. The van der Waals surface area contributed by atoms with Crippen molar-refractivity contribution in [3.05, 3.63) is 35.6 Å². The number of amides is 1. The molecule has 74 valence electrons. The molecule has 0 bridgehead atoms. The summed E-state index contributed by atoms with van der Waals surface area (Å²) in [5, 5.41) is 5.66. The Labute approximate surface area is 81.3 Å². The van der Waals surface area contributed by atoms with Crippen LogP contribution in [0.4, 0.5) is 4.39 Å². The van der Waals surface area contributed by atoms with Gasteiger partial charge in [-0.2, -0.15) is 0 Å². The van der Waals surface area contributed by atoms with Crippen LogP contribution in [0.3, 0.4) is 0 Å². The van der Waals surface area contributed by atoms with E-state index in [9.17, 15) is 9.18 Å². The monoisotopic (exact) mass is 194 g/mol. The molecule has 0 aromatic heterocycles. The van der Waals surface area contributed by atoms with Gasteiger partial charge in [-0.05, 0) is 6.07 Å². The Morgan fingerprint density at radius 3 is 2.79 bits per heavy atom. The van der Waals surface area contributed by atoms with Crippen molar-refractivity contribution in [2.45, 2.75) is 6.04 Å². The van der Waals surface area contributed by atoms with Crippen molar-refractivity contribution in [3.63, 3.8) is 0 Å². The smallest absolute Gasteiger partial charge is 0.241 e. The van der Waals surface area contributed by atoms with Crippen molar-refractivity contribution < 1.29 is 9.18 Å². The number of piperazine rings is 1. The number of carbonyl (C=O) groups is 1. The molecule has 14 heavy (non-hydrogen) atoms. The van der Waals surface area contributed by atoms with Crippen LogP contribution < -0.4 is 10.6 Å². The molecule has 1 atom stereocenters. The lowest BCUT2D eigenvalue weighted by Crippen LogP contribution is -2.47. The van der Waals surface area contributed by atoms with Gasteiger partial charge in [-0.25, -0.2) is 4.39 Å². The van der Waals surface area contributed by atoms with Gasteiger partial charge in [-0.3, -0.25) is 4.79 Å². The standard InChI is InChI=1S/C10H11FN2O/c11-8-4-2-1-3-7(8)9-10(14)13-6-5-12-9/h1-4,9,12H,5-6H2,(H,13,14). The summed E-state index contributed by atoms with van der Waals surface area (Å²) in [7, 11) is 0. The molecule has 0 spiro atoms. The van der Waals surface area contributed by atoms with Crippen molar-refractivity contribution in [3.8, 4) is 0 Å². The zero-order valence-corrected chi connectivity index (χ0v) is 7.59. The number of rotatable bonds is 1. The molecule has 1 aromatic carbocycles. The molecule has 1 unspecified atom stereocenters. The number of hydrogen-bond donors (Lipinski definition) is 2. The Hall–Kier alpha value is -1.42. The lowest BCUT2D eigenvalue weighted by Gasteiger charge is -2.23. The van der Waals surface area contributed by atoms with E-state index in [1.54, 1.807) is 18.2 Å². The molecule has 1 saturated heterocycles. The summed E-state index contributed by atoms with van der Waals surface area (Å²) in [6.45, 7) is 1.27. The minimum absolute atomic E-state index is 0.165. The Morgan fingerprint density at radius 2 is 2.07 bits per heavy atom. The molecular formula is C10H11FN2O. The van der Waals surface area contributed by atoms with E-state index in [0.717, 1.165) is 0 Å². The minimum Gasteiger partial charge on any atom is -0.353 e. The fourth-order valence-electron chi connectivity index (χ4n) is 1.56. The second-order valence-electron chi connectivity index (χ2n) is 3.20. The first-order valence-electron chi connectivity index (χ1n) is 4.54. The molecule has 1 aliphatic rings. The number of benzene rings is 1. The van der Waals surface area contributed by atoms with Crippen molar-refractivity contribution >= 4 is 5.91 Å². The highest BCUT2D eigenvalue weighted by Crippen LogP contribution is 2.17. The topological polar surface area (TPSA) is 41.1 Å². The van der Waals surface area contributed by atoms with Crippen molar-refractivity contribution in [1.82, 2.24) is 10.6 Å². The van der Waals surface area contributed by atoms with E-state index in [1.807, 2.05) is 0 Å². The zero-order chi connectivity index (χ0) is 9.97. The van der Waals surface area contributed by atoms with Gasteiger partial charge in [-0.1, -0.05) is 18.2 Å². The van der Waals surface area contributed by atoms with E-state index >= 15 is 0 Å². The second kappa shape index (κ2) is 3.75. The summed E-state index contributed by atoms with van der Waals surface area (Å²) in [5.74, 6) is -0.511. The first kappa shape index (κ1) is 9.15. The summed E-state index contributed by atoms with van der Waals surface area (Å²) >= 11 is 0. The van der Waals surface area contributed by atoms with Crippen LogP contribution in [0, 0.1) is 5.82 Å². The highest BCUT2D eigenvalue weighted by atomic mass is 19.1. The maximum atomic E-state index is 13.3. The average molecular weight is 194 g/mol. The number of hydrogen-bond acceptors (Lipinski definition) is 2. The second-order valence-corrected chi connectivity index (χ2v) is 3.20. The summed E-state index contributed by atoms with van der Waals surface area (Å²) in [5.41, 5.74) is 0.407. The molecule has 3 nitrogen and oxygen atoms in total. The average Bonchev–Trinajstić information content (AvgIpc) is 2.20. The van der Waals surface area contributed by atoms with E-state index in [-0.39, 0.29) is 11.7 Å². The SMILES string of the molecule is O=C1NCCNC1c1ccccc1F. The molecule has 2 N–H and O–H groups in total. The summed E-state index contributed by atoms with van der Waals surface area (Å²) in [6, 6.07) is 5.77. The van der Waals surface area contributed by atoms with Crippen molar-refractivity contribution in [1.29, 1.82) is 0 Å². The van der Waals surface area contributed by atoms with Gasteiger partial charge in [0, 0.05) is 18.7 Å². The first-order chi connectivity index (χ1) is 6.79. The van der Waals surface area contributed by atoms with E-state index < -0.39 is 6.04 Å². The van der Waals surface area contributed by atoms with Gasteiger partial charge in [0.05, 0.1) is 0 Å². The van der Waals surface area contributed by atoms with Gasteiger partial charge in [0.25, 0.3) is 0 Å². The van der Waals surface area contributed by atoms with Gasteiger partial charge in [0.2, 0.25) is 5.91 Å². The van der Waals surface area contributed by atoms with Crippen molar-refractivity contribution in [2.24, 2.45) is 0 Å². The quantitative estimate of drug-likeness (QED) is 0.686. The lowest BCUT2D eigenvalue weighted by molar-refractivity contribution is -0.124. The van der Waals surface area contributed by atoms with Crippen LogP contribution in [0.2, 0.25) is 0 Å². The number of carbonyl (C=O) groups excluding carboxylic acids is 1. The molecule has 0 aliphatic carbocycles. The highest BCUT2D eigenvalue weighted by Gasteiger charge is 2.25. The molecule has 1 amide bonds. The molecule has 2 rings (SSSR count). The van der Waals surface area contributed by atoms with Crippen LogP contribution in [0.5, 0.6) is 0 Å². The maximum Gasteiger partial charge on any atom is 0.241 e. The van der Waals surface area contributed by atoms with Crippen LogP contribution in [0.15, 0.2) is 24.3 Å². The van der Waals surface area contributed by atoms with Gasteiger partial charge in [0.15, 0.2) is 0 Å². The van der Waals surface area contributed by atoms with Gasteiger partial charge in [-0.15, -0.1) is 0 Å². The zero-order valence-electron chi connectivity index (χ0n) is 7.59. The summed E-state index contributed by atoms with van der Waals surface area (Å²) in [4.78, 5) is 11.4. The molecule has 1 heterocycles. The number of nitrogens with one attached hydrogen (secondary N) is 2. The van der Waals surface area contributed by atoms with Gasteiger partial charge < -0.3 is 10.6 Å². The van der Waals surface area contributed by atoms with E-state index in [2.05, 4.69) is 10.6 Å². The lowest BCUT2D eigenvalue weighted by atomic mass is 10.0. The Morgan fingerprint density at radius 1 is 1.29 bits per heavy atom. The van der Waals surface area contributed by atoms with Gasteiger partial charge in [0.1, 0.15) is 11.9 Å². The fourth-order valence-corrected chi connectivity index (χ4v) is 1.56.